The van der Waals surface area contributed by atoms with Crippen molar-refractivity contribution in [2.75, 3.05) is 52.9 Å². The van der Waals surface area contributed by atoms with Crippen LogP contribution in [0.3, 0.4) is 0 Å². The van der Waals surface area contributed by atoms with Crippen molar-refractivity contribution in [3.8, 4) is 0 Å². The molecule has 2 fully saturated rings. The van der Waals surface area contributed by atoms with Crippen LogP contribution in [0.15, 0.2) is 0 Å². The molecule has 1 amide bonds. The first kappa shape index (κ1) is 14.8. The Morgan fingerprint density at radius 1 is 1.26 bits per heavy atom. The Labute approximate surface area is 116 Å². The molecule has 0 radical (unpaired) electrons. The van der Waals surface area contributed by atoms with E-state index in [-0.39, 0.29) is 6.04 Å². The van der Waals surface area contributed by atoms with Gasteiger partial charge in [0.15, 0.2) is 0 Å². The van der Waals surface area contributed by atoms with Crippen molar-refractivity contribution < 1.29 is 4.79 Å². The fraction of sp³-hybridized carbons (Fsp3) is 0.929. The highest BCUT2D eigenvalue weighted by atomic mass is 16.2. The molecule has 2 saturated heterocycles. The monoisotopic (exact) mass is 268 g/mol. The average molecular weight is 268 g/mol. The lowest BCUT2D eigenvalue weighted by molar-refractivity contribution is -0.134. The summed E-state index contributed by atoms with van der Waals surface area (Å²) in [4.78, 5) is 18.9. The minimum atomic E-state index is 0.238. The molecule has 2 rings (SSSR count). The van der Waals surface area contributed by atoms with Gasteiger partial charge in [0.2, 0.25) is 5.91 Å². The number of piperazine rings is 1. The zero-order chi connectivity index (χ0) is 13.8. The highest BCUT2D eigenvalue weighted by Crippen LogP contribution is 2.18. The molecule has 5 heteroatoms. The molecule has 0 bridgehead atoms. The van der Waals surface area contributed by atoms with Crippen molar-refractivity contribution in [1.82, 2.24) is 14.7 Å². The second kappa shape index (κ2) is 6.68. The first-order valence-electron chi connectivity index (χ1n) is 7.50. The first-order chi connectivity index (χ1) is 9.06. The fourth-order valence-corrected chi connectivity index (χ4v) is 3.01. The molecule has 2 aliphatic heterocycles. The van der Waals surface area contributed by atoms with E-state index in [1.165, 1.54) is 12.8 Å². The van der Waals surface area contributed by atoms with Crippen LogP contribution in [0.5, 0.6) is 0 Å². The standard InChI is InChI=1S/C14H28N4O/c1-12(15)13-4-3-5-17(10-13)11-14(19)18-8-6-16(2)7-9-18/h12-13H,3-11,15H2,1-2H3. The number of piperidine rings is 1. The van der Waals surface area contributed by atoms with Gasteiger partial charge < -0.3 is 15.5 Å². The van der Waals surface area contributed by atoms with E-state index in [4.69, 9.17) is 5.73 Å². The summed E-state index contributed by atoms with van der Waals surface area (Å²) in [6.07, 6.45) is 2.37. The van der Waals surface area contributed by atoms with Gasteiger partial charge in [-0.1, -0.05) is 0 Å². The van der Waals surface area contributed by atoms with E-state index in [0.717, 1.165) is 39.3 Å². The molecule has 0 aromatic heterocycles. The maximum atomic E-state index is 12.3. The number of carbonyl (C=O) groups is 1. The quantitative estimate of drug-likeness (QED) is 0.771. The molecule has 5 nitrogen and oxygen atoms in total. The SMILES string of the molecule is CC(N)C1CCCN(CC(=O)N2CCN(C)CC2)C1. The molecule has 2 aliphatic rings. The minimum absolute atomic E-state index is 0.238. The Balaban J connectivity index is 1.78. The summed E-state index contributed by atoms with van der Waals surface area (Å²) in [5.74, 6) is 0.840. The summed E-state index contributed by atoms with van der Waals surface area (Å²) in [7, 11) is 2.11. The second-order valence-electron chi connectivity index (χ2n) is 6.18. The largest absolute Gasteiger partial charge is 0.339 e. The highest BCUT2D eigenvalue weighted by molar-refractivity contribution is 5.78. The average Bonchev–Trinajstić information content (AvgIpc) is 2.39. The normalized spacial score (nSPS) is 28.4. The Hall–Kier alpha value is -0.650. The van der Waals surface area contributed by atoms with Crippen molar-refractivity contribution in [1.29, 1.82) is 0 Å². The molecule has 2 atom stereocenters. The van der Waals surface area contributed by atoms with Gasteiger partial charge in [-0.3, -0.25) is 9.69 Å². The van der Waals surface area contributed by atoms with Crippen LogP contribution in [0.1, 0.15) is 19.8 Å². The third-order valence-electron chi connectivity index (χ3n) is 4.50. The van der Waals surface area contributed by atoms with Gasteiger partial charge in [-0.2, -0.15) is 0 Å². The molecule has 0 spiro atoms. The van der Waals surface area contributed by atoms with E-state index in [1.807, 2.05) is 4.90 Å². The van der Waals surface area contributed by atoms with Crippen molar-refractivity contribution in [2.24, 2.45) is 11.7 Å². The van der Waals surface area contributed by atoms with Crippen LogP contribution in [0.25, 0.3) is 0 Å². The summed E-state index contributed by atoms with van der Waals surface area (Å²) in [6, 6.07) is 0.238. The van der Waals surface area contributed by atoms with Crippen LogP contribution < -0.4 is 5.73 Å². The van der Waals surface area contributed by atoms with Crippen molar-refractivity contribution >= 4 is 5.91 Å². The van der Waals surface area contributed by atoms with E-state index >= 15 is 0 Å². The van der Waals surface area contributed by atoms with E-state index in [1.54, 1.807) is 0 Å². The third-order valence-corrected chi connectivity index (χ3v) is 4.50. The topological polar surface area (TPSA) is 52.8 Å². The van der Waals surface area contributed by atoms with Gasteiger partial charge >= 0.3 is 0 Å². The lowest BCUT2D eigenvalue weighted by atomic mass is 9.92. The number of nitrogens with two attached hydrogens (primary N) is 1. The summed E-state index contributed by atoms with van der Waals surface area (Å²) in [5, 5.41) is 0. The van der Waals surface area contributed by atoms with E-state index in [9.17, 15) is 4.79 Å². The molecule has 2 unspecified atom stereocenters. The molecule has 2 N–H and O–H groups in total. The van der Waals surface area contributed by atoms with E-state index in [0.29, 0.717) is 18.4 Å². The number of nitrogens with zero attached hydrogens (tertiary/aromatic N) is 3. The molecule has 19 heavy (non-hydrogen) atoms. The zero-order valence-corrected chi connectivity index (χ0v) is 12.3. The van der Waals surface area contributed by atoms with Gasteiger partial charge in [-0.05, 0) is 39.3 Å². The summed E-state index contributed by atoms with van der Waals surface area (Å²) >= 11 is 0. The molecule has 110 valence electrons. The second-order valence-corrected chi connectivity index (χ2v) is 6.18. The van der Waals surface area contributed by atoms with Gasteiger partial charge in [0, 0.05) is 38.8 Å². The number of rotatable bonds is 3. The number of amides is 1. The first-order valence-corrected chi connectivity index (χ1v) is 7.50. The zero-order valence-electron chi connectivity index (χ0n) is 12.3. The molecule has 2 heterocycles. The third kappa shape index (κ3) is 4.16. The summed E-state index contributed by atoms with van der Waals surface area (Å²) in [5.41, 5.74) is 5.99. The Kier molecular flexibility index (Phi) is 5.19. The molecular weight excluding hydrogens is 240 g/mol. The predicted octanol–water partition coefficient (Wildman–Crippen LogP) is -0.180. The molecule has 0 aliphatic carbocycles. The van der Waals surface area contributed by atoms with Gasteiger partial charge in [-0.15, -0.1) is 0 Å². The fourth-order valence-electron chi connectivity index (χ4n) is 3.01. The van der Waals surface area contributed by atoms with Crippen LogP contribution >= 0.6 is 0 Å². The summed E-state index contributed by atoms with van der Waals surface area (Å²) in [6.45, 7) is 8.42. The molecule has 0 aromatic rings. The van der Waals surface area contributed by atoms with Crippen molar-refractivity contribution in [3.05, 3.63) is 0 Å². The molecule has 0 aromatic carbocycles. The maximum absolute atomic E-state index is 12.3. The van der Waals surface area contributed by atoms with Crippen LogP contribution in [-0.4, -0.2) is 79.5 Å². The Morgan fingerprint density at radius 2 is 1.95 bits per heavy atom. The van der Waals surface area contributed by atoms with Crippen LogP contribution in [0.2, 0.25) is 0 Å². The summed E-state index contributed by atoms with van der Waals surface area (Å²) < 4.78 is 0. The Morgan fingerprint density at radius 3 is 2.58 bits per heavy atom. The van der Waals surface area contributed by atoms with E-state index in [2.05, 4.69) is 23.8 Å². The number of likely N-dealkylation sites (tertiary alicyclic amines) is 1. The molecule has 0 saturated carbocycles. The lowest BCUT2D eigenvalue weighted by Gasteiger charge is -2.37. The molecular formula is C14H28N4O. The number of likely N-dealkylation sites (N-methyl/N-ethyl adjacent to an activating group) is 1. The smallest absolute Gasteiger partial charge is 0.236 e. The van der Waals surface area contributed by atoms with Crippen LogP contribution in [-0.2, 0) is 4.79 Å². The van der Waals surface area contributed by atoms with Gasteiger partial charge in [-0.25, -0.2) is 0 Å². The van der Waals surface area contributed by atoms with Crippen molar-refractivity contribution in [3.63, 3.8) is 0 Å². The maximum Gasteiger partial charge on any atom is 0.236 e. The number of hydrogen-bond acceptors (Lipinski definition) is 4. The Bertz CT molecular complexity index is 300. The van der Waals surface area contributed by atoms with Gasteiger partial charge in [0.25, 0.3) is 0 Å². The minimum Gasteiger partial charge on any atom is -0.339 e. The number of carbonyl (C=O) groups excluding carboxylic acids is 1. The van der Waals surface area contributed by atoms with E-state index < -0.39 is 0 Å². The van der Waals surface area contributed by atoms with Crippen molar-refractivity contribution in [2.45, 2.75) is 25.8 Å². The van der Waals surface area contributed by atoms with Gasteiger partial charge in [0.1, 0.15) is 0 Å². The van der Waals surface area contributed by atoms with Crippen LogP contribution in [0.4, 0.5) is 0 Å². The van der Waals surface area contributed by atoms with Crippen LogP contribution in [0, 0.1) is 5.92 Å². The highest BCUT2D eigenvalue weighted by Gasteiger charge is 2.26. The van der Waals surface area contributed by atoms with Gasteiger partial charge in [0.05, 0.1) is 6.54 Å². The lowest BCUT2D eigenvalue weighted by Crippen LogP contribution is -2.51. The predicted molar refractivity (Wildman–Crippen MR) is 76.9 cm³/mol. The number of hydrogen-bond donors (Lipinski definition) is 1.